The minimum Gasteiger partial charge on any atom is -0.560 e. The second-order valence-electron chi connectivity index (χ2n) is 12.3. The van der Waals surface area contributed by atoms with E-state index in [1.165, 1.54) is 0 Å². The Hall–Kier alpha value is -4.64. The summed E-state index contributed by atoms with van der Waals surface area (Å²) in [5.41, 5.74) is 6.61. The van der Waals surface area contributed by atoms with Crippen molar-refractivity contribution in [2.45, 2.75) is 38.3 Å². The van der Waals surface area contributed by atoms with Crippen molar-refractivity contribution in [1.29, 1.82) is 0 Å². The van der Waals surface area contributed by atoms with Crippen LogP contribution in [-0.4, -0.2) is 6.92 Å². The van der Waals surface area contributed by atoms with Gasteiger partial charge in [-0.05, 0) is 77.4 Å². The van der Waals surface area contributed by atoms with E-state index in [0.717, 1.165) is 66.7 Å². The number of benzene rings is 5. The Morgan fingerprint density at radius 2 is 1.02 bits per heavy atom. The molecule has 0 amide bonds. The van der Waals surface area contributed by atoms with Gasteiger partial charge in [-0.15, -0.1) is 0 Å². The van der Waals surface area contributed by atoms with Gasteiger partial charge in [0.05, 0.1) is 5.75 Å². The summed E-state index contributed by atoms with van der Waals surface area (Å²) in [7, 11) is 0. The molecular formula is C36H30BNO3. The third kappa shape index (κ3) is 3.61. The summed E-state index contributed by atoms with van der Waals surface area (Å²) < 4.78 is 18.9. The van der Waals surface area contributed by atoms with Crippen LogP contribution in [0.5, 0.6) is 5.75 Å². The van der Waals surface area contributed by atoms with Crippen molar-refractivity contribution in [1.82, 2.24) is 0 Å². The lowest BCUT2D eigenvalue weighted by molar-refractivity contribution is 0.580. The molecule has 3 heterocycles. The molecule has 2 aromatic heterocycles. The summed E-state index contributed by atoms with van der Waals surface area (Å²) >= 11 is 0. The number of hydrogen-bond donors (Lipinski definition) is 0. The Labute approximate surface area is 239 Å². The third-order valence-electron chi connectivity index (χ3n) is 9.48. The first-order valence-corrected chi connectivity index (χ1v) is 14.2. The van der Waals surface area contributed by atoms with Gasteiger partial charge in [-0.25, -0.2) is 0 Å². The van der Waals surface area contributed by atoms with Crippen LogP contribution in [0.4, 0.5) is 17.1 Å². The normalized spacial score (nSPS) is 15.7. The topological polar surface area (TPSA) is 38.8 Å². The average molecular weight is 535 g/mol. The van der Waals surface area contributed by atoms with Crippen LogP contribution in [0, 0.1) is 0 Å². The lowest BCUT2D eigenvalue weighted by Crippen LogP contribution is -2.11. The SMILES string of the molecule is CC1(C)B(Oc2ccc(N(c3ccc4c(c3)oc3ccccc34)c3ccc4oc5ccccc5c4c3)cc2)C1(C)C. The van der Waals surface area contributed by atoms with E-state index in [1.54, 1.807) is 0 Å². The monoisotopic (exact) mass is 535 g/mol. The van der Waals surface area contributed by atoms with Crippen molar-refractivity contribution in [3.8, 4) is 5.75 Å². The molecule has 4 nitrogen and oxygen atoms in total. The first kappa shape index (κ1) is 24.2. The molecule has 1 saturated heterocycles. The maximum absolute atomic E-state index is 6.44. The van der Waals surface area contributed by atoms with Gasteiger partial charge in [0.1, 0.15) is 22.3 Å². The van der Waals surface area contributed by atoms with Gasteiger partial charge in [-0.2, -0.15) is 0 Å². The molecule has 0 atom stereocenters. The molecule has 0 bridgehead atoms. The minimum absolute atomic E-state index is 0.155. The first-order chi connectivity index (χ1) is 19.8. The summed E-state index contributed by atoms with van der Waals surface area (Å²) in [6.45, 7) is 9.30. The van der Waals surface area contributed by atoms with Crippen LogP contribution >= 0.6 is 0 Å². The van der Waals surface area contributed by atoms with Gasteiger partial charge in [0.25, 0.3) is 0 Å². The lowest BCUT2D eigenvalue weighted by Gasteiger charge is -2.25. The number of rotatable bonds is 5. The Bertz CT molecular complexity index is 2090. The first-order valence-electron chi connectivity index (χ1n) is 14.2. The van der Waals surface area contributed by atoms with Gasteiger partial charge in [0, 0.05) is 44.7 Å². The lowest BCUT2D eigenvalue weighted by atomic mass is 9.78. The standard InChI is InChI=1S/C36H30BNO3/c1-35(2)36(3,4)37(35)41-26-17-13-23(14-18-26)38(24-16-20-33-30(21-24)28-10-6-8-12-32(28)39-33)25-15-19-29-27-9-5-7-11-31(27)40-34(29)22-25/h5-22H,1-4H3. The number of anilines is 3. The van der Waals surface area contributed by atoms with Gasteiger partial charge in [-0.3, -0.25) is 0 Å². The molecule has 0 aliphatic carbocycles. The van der Waals surface area contributed by atoms with Gasteiger partial charge in [0.2, 0.25) is 0 Å². The Morgan fingerprint density at radius 3 is 1.71 bits per heavy atom. The van der Waals surface area contributed by atoms with Crippen LogP contribution in [0.1, 0.15) is 27.7 Å². The Morgan fingerprint density at radius 1 is 0.512 bits per heavy atom. The molecule has 0 unspecified atom stereocenters. The summed E-state index contributed by atoms with van der Waals surface area (Å²) in [5.74, 6) is 0.890. The second kappa shape index (κ2) is 8.44. The molecule has 7 aromatic rings. The molecule has 41 heavy (non-hydrogen) atoms. The van der Waals surface area contributed by atoms with E-state index in [9.17, 15) is 0 Å². The van der Waals surface area contributed by atoms with Crippen LogP contribution in [-0.2, 0) is 0 Å². The molecule has 0 N–H and O–H groups in total. The van der Waals surface area contributed by atoms with E-state index in [2.05, 4.69) is 118 Å². The van der Waals surface area contributed by atoms with Gasteiger partial charge in [0.15, 0.2) is 0 Å². The van der Waals surface area contributed by atoms with Crippen molar-refractivity contribution in [3.05, 3.63) is 109 Å². The summed E-state index contributed by atoms with van der Waals surface area (Å²) in [5, 5.41) is 4.74. The van der Waals surface area contributed by atoms with E-state index in [-0.39, 0.29) is 17.5 Å². The fourth-order valence-electron chi connectivity index (χ4n) is 6.39. The highest BCUT2D eigenvalue weighted by Crippen LogP contribution is 2.73. The zero-order chi connectivity index (χ0) is 27.9. The van der Waals surface area contributed by atoms with Crippen LogP contribution in [0.15, 0.2) is 118 Å². The summed E-state index contributed by atoms with van der Waals surface area (Å²) in [6.07, 6.45) is 0. The van der Waals surface area contributed by atoms with Crippen molar-refractivity contribution >= 4 is 67.9 Å². The van der Waals surface area contributed by atoms with Crippen molar-refractivity contribution in [2.75, 3.05) is 4.90 Å². The van der Waals surface area contributed by atoms with Gasteiger partial charge in [-0.1, -0.05) is 64.1 Å². The van der Waals surface area contributed by atoms with Crippen molar-refractivity contribution < 1.29 is 13.5 Å². The van der Waals surface area contributed by atoms with E-state index in [1.807, 2.05) is 24.3 Å². The number of hydrogen-bond acceptors (Lipinski definition) is 4. The van der Waals surface area contributed by atoms with Crippen LogP contribution in [0.25, 0.3) is 43.9 Å². The highest BCUT2D eigenvalue weighted by Gasteiger charge is 2.72. The largest absolute Gasteiger partial charge is 0.560 e. The molecule has 1 aliphatic heterocycles. The average Bonchev–Trinajstić information content (AvgIpc) is 3.34. The summed E-state index contributed by atoms with van der Waals surface area (Å²) in [6, 6.07) is 37.7. The minimum atomic E-state index is 0.155. The molecule has 200 valence electrons. The van der Waals surface area contributed by atoms with E-state index in [4.69, 9.17) is 13.5 Å². The predicted molar refractivity (Wildman–Crippen MR) is 170 cm³/mol. The molecule has 0 radical (unpaired) electrons. The van der Waals surface area contributed by atoms with Crippen molar-refractivity contribution in [3.63, 3.8) is 0 Å². The quantitative estimate of drug-likeness (QED) is 0.206. The van der Waals surface area contributed by atoms with Crippen LogP contribution in [0.3, 0.4) is 0 Å². The maximum Gasteiger partial charge on any atom is 0.369 e. The van der Waals surface area contributed by atoms with E-state index < -0.39 is 0 Å². The molecule has 5 heteroatoms. The molecule has 0 spiro atoms. The molecule has 8 rings (SSSR count). The van der Waals surface area contributed by atoms with E-state index >= 15 is 0 Å². The fourth-order valence-corrected chi connectivity index (χ4v) is 6.39. The third-order valence-corrected chi connectivity index (χ3v) is 9.48. The smallest absolute Gasteiger partial charge is 0.369 e. The molecule has 1 aliphatic rings. The number of nitrogens with zero attached hydrogens (tertiary/aromatic N) is 1. The Kier molecular flexibility index (Phi) is 4.98. The maximum atomic E-state index is 6.44. The number of para-hydroxylation sites is 2. The second-order valence-corrected chi connectivity index (χ2v) is 12.3. The molecular weight excluding hydrogens is 505 g/mol. The van der Waals surface area contributed by atoms with Crippen LogP contribution < -0.4 is 9.55 Å². The zero-order valence-electron chi connectivity index (χ0n) is 23.6. The predicted octanol–water partition coefficient (Wildman–Crippen LogP) is 10.9. The molecule has 5 aromatic carbocycles. The van der Waals surface area contributed by atoms with Gasteiger partial charge >= 0.3 is 6.92 Å². The highest BCUT2D eigenvalue weighted by atomic mass is 16.4. The Balaban J connectivity index is 1.25. The number of furan rings is 2. The fraction of sp³-hybridized carbons (Fsp3) is 0.167. The van der Waals surface area contributed by atoms with Crippen molar-refractivity contribution in [2.24, 2.45) is 0 Å². The molecule has 0 saturated carbocycles. The highest BCUT2D eigenvalue weighted by molar-refractivity contribution is 6.73. The van der Waals surface area contributed by atoms with Crippen LogP contribution in [0.2, 0.25) is 10.6 Å². The number of fused-ring (bicyclic) bond motifs is 6. The molecule has 1 fully saturated rings. The van der Waals surface area contributed by atoms with E-state index in [0.29, 0.717) is 0 Å². The van der Waals surface area contributed by atoms with Gasteiger partial charge < -0.3 is 18.4 Å². The zero-order valence-corrected chi connectivity index (χ0v) is 23.6. The summed E-state index contributed by atoms with van der Waals surface area (Å²) in [4.78, 5) is 2.27.